The van der Waals surface area contributed by atoms with Crippen LogP contribution < -0.4 is 0 Å². The van der Waals surface area contributed by atoms with E-state index in [0.29, 0.717) is 5.41 Å². The lowest BCUT2D eigenvalue weighted by Gasteiger charge is -2.33. The van der Waals surface area contributed by atoms with Gasteiger partial charge in [0.2, 0.25) is 0 Å². The van der Waals surface area contributed by atoms with Crippen molar-refractivity contribution in [2.75, 3.05) is 0 Å². The summed E-state index contributed by atoms with van der Waals surface area (Å²) in [4.78, 5) is 0. The Balaban J connectivity index is 2.46. The number of rotatable bonds is 1. The number of hydrogen-bond donors (Lipinski definition) is 0. The average molecular weight is 263 g/mol. The molecule has 0 N–H and O–H groups in total. The van der Waals surface area contributed by atoms with E-state index in [1.165, 1.54) is 27.8 Å². The highest BCUT2D eigenvalue weighted by Crippen LogP contribution is 2.42. The third-order valence-corrected chi connectivity index (χ3v) is 4.27. The second kappa shape index (κ2) is 4.74. The van der Waals surface area contributed by atoms with Crippen LogP contribution in [0.15, 0.2) is 18.2 Å². The monoisotopic (exact) mass is 262 g/mol. The first-order valence-corrected chi connectivity index (χ1v) is 7.15. The molecule has 0 saturated heterocycles. The Morgan fingerprint density at radius 2 is 1.67 bits per heavy atom. The summed E-state index contributed by atoms with van der Waals surface area (Å²) in [5.74, 6) is 0. The van der Waals surface area contributed by atoms with Gasteiger partial charge in [-0.3, -0.25) is 0 Å². The molecule has 1 heteroatoms. The van der Waals surface area contributed by atoms with Crippen molar-refractivity contribution in [1.82, 2.24) is 0 Å². The Kier molecular flexibility index (Phi) is 3.60. The van der Waals surface area contributed by atoms with Gasteiger partial charge >= 0.3 is 0 Å². The zero-order valence-corrected chi connectivity index (χ0v) is 12.9. The highest BCUT2D eigenvalue weighted by Gasteiger charge is 2.28. The molecule has 98 valence electrons. The van der Waals surface area contributed by atoms with Gasteiger partial charge in [-0.1, -0.05) is 32.1 Å². The van der Waals surface area contributed by atoms with E-state index in [4.69, 9.17) is 11.6 Å². The van der Waals surface area contributed by atoms with Crippen LogP contribution in [0.2, 0.25) is 0 Å². The lowest BCUT2D eigenvalue weighted by Crippen LogP contribution is -2.22. The highest BCUT2D eigenvalue weighted by atomic mass is 35.5. The predicted octanol–water partition coefficient (Wildman–Crippen LogP) is 5.42. The van der Waals surface area contributed by atoms with Crippen LogP contribution in [0.5, 0.6) is 0 Å². The molecule has 1 atom stereocenters. The summed E-state index contributed by atoms with van der Waals surface area (Å²) in [6.45, 7) is 11.2. The molecule has 0 spiro atoms. The van der Waals surface area contributed by atoms with Crippen LogP contribution in [0.25, 0.3) is 5.57 Å². The van der Waals surface area contributed by atoms with Crippen molar-refractivity contribution in [2.45, 2.75) is 52.8 Å². The van der Waals surface area contributed by atoms with Gasteiger partial charge in [-0.25, -0.2) is 0 Å². The third-order valence-electron chi connectivity index (χ3n) is 3.99. The predicted molar refractivity (Wildman–Crippen MR) is 81.3 cm³/mol. The Labute approximate surface area is 116 Å². The largest absolute Gasteiger partial charge is 0.118 e. The van der Waals surface area contributed by atoms with Gasteiger partial charge in [-0.15, -0.1) is 11.6 Å². The molecule has 2 rings (SSSR count). The molecule has 0 aliphatic heterocycles. The van der Waals surface area contributed by atoms with Crippen molar-refractivity contribution in [2.24, 2.45) is 5.41 Å². The lowest BCUT2D eigenvalue weighted by molar-refractivity contribution is 0.340. The van der Waals surface area contributed by atoms with E-state index in [2.05, 4.69) is 52.8 Å². The van der Waals surface area contributed by atoms with Crippen LogP contribution in [-0.4, -0.2) is 5.38 Å². The standard InChI is InChI=1S/C17H23Cl/c1-11-6-13(3)16(7-12(11)2)14-8-15(18)10-17(4,5)9-14/h6-8,15H,9-10H2,1-5H3. The van der Waals surface area contributed by atoms with Crippen molar-refractivity contribution in [1.29, 1.82) is 0 Å². The molecule has 0 saturated carbocycles. The van der Waals surface area contributed by atoms with Crippen molar-refractivity contribution >= 4 is 17.2 Å². The summed E-state index contributed by atoms with van der Waals surface area (Å²) >= 11 is 6.39. The molecule has 1 unspecified atom stereocenters. The van der Waals surface area contributed by atoms with E-state index >= 15 is 0 Å². The zero-order valence-electron chi connectivity index (χ0n) is 12.1. The molecule has 0 nitrogen and oxygen atoms in total. The van der Waals surface area contributed by atoms with Crippen molar-refractivity contribution in [3.63, 3.8) is 0 Å². The topological polar surface area (TPSA) is 0 Å². The van der Waals surface area contributed by atoms with E-state index < -0.39 is 0 Å². The molecule has 0 fully saturated rings. The fraction of sp³-hybridized carbons (Fsp3) is 0.529. The summed E-state index contributed by atoms with van der Waals surface area (Å²) < 4.78 is 0. The summed E-state index contributed by atoms with van der Waals surface area (Å²) in [5.41, 5.74) is 7.22. The number of halogens is 1. The molecule has 0 aromatic heterocycles. The smallest absolute Gasteiger partial charge is 0.0527 e. The first-order chi connectivity index (χ1) is 8.28. The number of allylic oxidation sites excluding steroid dienone is 2. The second-order valence-electron chi connectivity index (χ2n) is 6.50. The quantitative estimate of drug-likeness (QED) is 0.593. The van der Waals surface area contributed by atoms with Gasteiger partial charge in [-0.05, 0) is 66.9 Å². The van der Waals surface area contributed by atoms with Gasteiger partial charge < -0.3 is 0 Å². The molecule has 1 aromatic rings. The number of hydrogen-bond acceptors (Lipinski definition) is 0. The van der Waals surface area contributed by atoms with Crippen LogP contribution in [0.4, 0.5) is 0 Å². The fourth-order valence-electron chi connectivity index (χ4n) is 2.94. The van der Waals surface area contributed by atoms with E-state index in [0.717, 1.165) is 12.8 Å². The minimum Gasteiger partial charge on any atom is -0.118 e. The SMILES string of the molecule is Cc1cc(C)c(C2=CC(Cl)CC(C)(C)C2)cc1C. The Bertz CT molecular complexity index is 495. The van der Waals surface area contributed by atoms with Crippen molar-refractivity contribution in [3.05, 3.63) is 40.5 Å². The van der Waals surface area contributed by atoms with Gasteiger partial charge in [0.25, 0.3) is 0 Å². The summed E-state index contributed by atoms with van der Waals surface area (Å²) in [7, 11) is 0. The fourth-order valence-corrected chi connectivity index (χ4v) is 3.51. The van der Waals surface area contributed by atoms with Gasteiger partial charge in [0, 0.05) is 0 Å². The molecule has 0 amide bonds. The molecular formula is C17H23Cl. The maximum atomic E-state index is 6.39. The molecule has 0 heterocycles. The van der Waals surface area contributed by atoms with Crippen LogP contribution in [0.3, 0.4) is 0 Å². The van der Waals surface area contributed by atoms with Crippen LogP contribution in [-0.2, 0) is 0 Å². The van der Waals surface area contributed by atoms with Gasteiger partial charge in [0.05, 0.1) is 5.38 Å². The van der Waals surface area contributed by atoms with Crippen LogP contribution in [0, 0.1) is 26.2 Å². The maximum Gasteiger partial charge on any atom is 0.0527 e. The number of alkyl halides is 1. The minimum absolute atomic E-state index is 0.171. The Hall–Kier alpha value is -0.750. The number of benzene rings is 1. The second-order valence-corrected chi connectivity index (χ2v) is 7.06. The van der Waals surface area contributed by atoms with Gasteiger partial charge in [0.1, 0.15) is 0 Å². The first kappa shape index (κ1) is 13.7. The lowest BCUT2D eigenvalue weighted by atomic mass is 9.74. The number of aryl methyl sites for hydroxylation is 3. The van der Waals surface area contributed by atoms with Crippen molar-refractivity contribution in [3.8, 4) is 0 Å². The summed E-state index contributed by atoms with van der Waals surface area (Å²) in [5, 5.41) is 0.171. The molecule has 1 aromatic carbocycles. The maximum absolute atomic E-state index is 6.39. The highest BCUT2D eigenvalue weighted by molar-refractivity contribution is 6.22. The molecule has 1 aliphatic rings. The van der Waals surface area contributed by atoms with Crippen LogP contribution >= 0.6 is 11.6 Å². The third kappa shape index (κ3) is 2.80. The summed E-state index contributed by atoms with van der Waals surface area (Å²) in [6, 6.07) is 4.61. The normalized spacial score (nSPS) is 22.8. The van der Waals surface area contributed by atoms with Crippen LogP contribution in [0.1, 0.15) is 48.9 Å². The molecule has 0 radical (unpaired) electrons. The summed E-state index contributed by atoms with van der Waals surface area (Å²) in [6.07, 6.45) is 4.45. The molecule has 1 aliphatic carbocycles. The Morgan fingerprint density at radius 3 is 2.28 bits per heavy atom. The van der Waals surface area contributed by atoms with Crippen molar-refractivity contribution < 1.29 is 0 Å². The van der Waals surface area contributed by atoms with E-state index in [-0.39, 0.29) is 5.38 Å². The average Bonchev–Trinajstić information content (AvgIpc) is 2.20. The Morgan fingerprint density at radius 1 is 1.06 bits per heavy atom. The van der Waals surface area contributed by atoms with Gasteiger partial charge in [-0.2, -0.15) is 0 Å². The van der Waals surface area contributed by atoms with E-state index in [1.54, 1.807) is 0 Å². The minimum atomic E-state index is 0.171. The zero-order chi connectivity index (χ0) is 13.5. The first-order valence-electron chi connectivity index (χ1n) is 6.71. The molecule has 18 heavy (non-hydrogen) atoms. The molecular weight excluding hydrogens is 240 g/mol. The van der Waals surface area contributed by atoms with Gasteiger partial charge in [0.15, 0.2) is 0 Å². The molecule has 0 bridgehead atoms. The van der Waals surface area contributed by atoms with E-state index in [9.17, 15) is 0 Å². The van der Waals surface area contributed by atoms with E-state index in [1.807, 2.05) is 0 Å².